The molecule has 0 aromatic heterocycles. The lowest BCUT2D eigenvalue weighted by Gasteiger charge is -2.29. The van der Waals surface area contributed by atoms with Crippen LogP contribution in [-0.4, -0.2) is 18.5 Å². The number of hydrogen-bond donors (Lipinski definition) is 2. The topological polar surface area (TPSA) is 41.1 Å². The van der Waals surface area contributed by atoms with Gasteiger partial charge in [0.1, 0.15) is 5.82 Å². The van der Waals surface area contributed by atoms with E-state index < -0.39 is 5.54 Å². The van der Waals surface area contributed by atoms with Gasteiger partial charge in [0.2, 0.25) is 5.91 Å². The molecule has 1 saturated carbocycles. The van der Waals surface area contributed by atoms with Crippen LogP contribution in [0.25, 0.3) is 0 Å². The minimum Gasteiger partial charge on any atom is -0.346 e. The number of piperidine rings is 1. The molecule has 2 fully saturated rings. The average molecular weight is 276 g/mol. The molecule has 2 N–H and O–H groups in total. The lowest BCUT2D eigenvalue weighted by molar-refractivity contribution is -0.127. The van der Waals surface area contributed by atoms with Crippen molar-refractivity contribution in [3.05, 3.63) is 35.6 Å². The Kier molecular flexibility index (Phi) is 3.50. The van der Waals surface area contributed by atoms with Gasteiger partial charge < -0.3 is 10.6 Å². The molecule has 4 heteroatoms. The Morgan fingerprint density at radius 3 is 2.80 bits per heavy atom. The molecule has 1 aliphatic carbocycles. The summed E-state index contributed by atoms with van der Waals surface area (Å²) in [5, 5.41) is 6.45. The van der Waals surface area contributed by atoms with E-state index in [0.717, 1.165) is 32.2 Å². The highest BCUT2D eigenvalue weighted by Gasteiger charge is 2.48. The van der Waals surface area contributed by atoms with Crippen molar-refractivity contribution in [2.75, 3.05) is 6.54 Å². The molecule has 1 aliphatic heterocycles. The molecule has 0 unspecified atom stereocenters. The van der Waals surface area contributed by atoms with Crippen LogP contribution in [0, 0.1) is 11.7 Å². The van der Waals surface area contributed by atoms with Crippen LogP contribution in [0.2, 0.25) is 0 Å². The summed E-state index contributed by atoms with van der Waals surface area (Å²) in [5.74, 6) is -0.0846. The van der Waals surface area contributed by atoms with Crippen LogP contribution in [0.5, 0.6) is 0 Å². The number of hydrogen-bond acceptors (Lipinski definition) is 2. The van der Waals surface area contributed by atoms with Crippen LogP contribution in [0.1, 0.15) is 38.2 Å². The monoisotopic (exact) mass is 276 g/mol. The summed E-state index contributed by atoms with van der Waals surface area (Å²) in [4.78, 5) is 12.4. The molecular formula is C16H21FN2O. The number of amides is 1. The number of carbonyl (C=O) groups excluding carboxylic acids is 1. The van der Waals surface area contributed by atoms with E-state index in [9.17, 15) is 9.18 Å². The van der Waals surface area contributed by atoms with Gasteiger partial charge in [-0.25, -0.2) is 4.39 Å². The molecule has 1 aromatic rings. The first-order valence-corrected chi connectivity index (χ1v) is 7.41. The number of rotatable bonds is 3. The van der Waals surface area contributed by atoms with Gasteiger partial charge in [-0.15, -0.1) is 0 Å². The van der Waals surface area contributed by atoms with E-state index in [4.69, 9.17) is 0 Å². The lowest BCUT2D eigenvalue weighted by Crippen LogP contribution is -2.45. The predicted octanol–water partition coefficient (Wildman–Crippen LogP) is 2.32. The number of benzene rings is 1. The molecule has 3 rings (SSSR count). The van der Waals surface area contributed by atoms with Crippen LogP contribution in [0.3, 0.4) is 0 Å². The van der Waals surface area contributed by atoms with Crippen molar-refractivity contribution in [2.24, 2.45) is 5.92 Å². The Bertz CT molecular complexity index is 513. The zero-order valence-corrected chi connectivity index (χ0v) is 11.8. The standard InChI is InChI=1S/C16H21FN2O/c1-11-10-12(6-9-18-11)15(20)19-16(7-8-16)13-4-2-3-5-14(13)17/h2-5,11-12,18H,6-10H2,1H3,(H,19,20)/t11-,12-/m0/s1. The van der Waals surface area contributed by atoms with Crippen molar-refractivity contribution in [1.82, 2.24) is 10.6 Å². The van der Waals surface area contributed by atoms with Gasteiger partial charge in [0.15, 0.2) is 0 Å². The maximum Gasteiger partial charge on any atom is 0.223 e. The molecular weight excluding hydrogens is 255 g/mol. The summed E-state index contributed by atoms with van der Waals surface area (Å²) in [6, 6.07) is 7.15. The van der Waals surface area contributed by atoms with E-state index >= 15 is 0 Å². The first-order chi connectivity index (χ1) is 9.61. The van der Waals surface area contributed by atoms with Crippen molar-refractivity contribution in [3.63, 3.8) is 0 Å². The molecule has 2 aliphatic rings. The predicted molar refractivity (Wildman–Crippen MR) is 75.6 cm³/mol. The molecule has 3 nitrogen and oxygen atoms in total. The van der Waals surface area contributed by atoms with Crippen molar-refractivity contribution in [2.45, 2.75) is 44.2 Å². The maximum absolute atomic E-state index is 13.9. The second-order valence-corrected chi connectivity index (χ2v) is 6.13. The Labute approximate surface area is 118 Å². The molecule has 108 valence electrons. The zero-order valence-electron chi connectivity index (χ0n) is 11.8. The fourth-order valence-electron chi connectivity index (χ4n) is 3.14. The maximum atomic E-state index is 13.9. The summed E-state index contributed by atoms with van der Waals surface area (Å²) in [7, 11) is 0. The van der Waals surface area contributed by atoms with E-state index in [1.165, 1.54) is 6.07 Å². The first-order valence-electron chi connectivity index (χ1n) is 7.41. The van der Waals surface area contributed by atoms with Crippen LogP contribution in [0.15, 0.2) is 24.3 Å². The summed E-state index contributed by atoms with van der Waals surface area (Å²) >= 11 is 0. The molecule has 0 bridgehead atoms. The highest BCUT2D eigenvalue weighted by Crippen LogP contribution is 2.46. The van der Waals surface area contributed by atoms with Gasteiger partial charge >= 0.3 is 0 Å². The van der Waals surface area contributed by atoms with E-state index in [2.05, 4.69) is 17.6 Å². The number of carbonyl (C=O) groups is 1. The molecule has 1 saturated heterocycles. The Balaban J connectivity index is 1.71. The van der Waals surface area contributed by atoms with E-state index in [-0.39, 0.29) is 17.6 Å². The van der Waals surface area contributed by atoms with Gasteiger partial charge in [-0.3, -0.25) is 4.79 Å². The third-order valence-corrected chi connectivity index (χ3v) is 4.50. The minimum atomic E-state index is -0.448. The van der Waals surface area contributed by atoms with Crippen molar-refractivity contribution < 1.29 is 9.18 Å². The third kappa shape index (κ3) is 2.57. The summed E-state index contributed by atoms with van der Waals surface area (Å²) in [5.41, 5.74) is 0.187. The average Bonchev–Trinajstić information content (AvgIpc) is 3.20. The second-order valence-electron chi connectivity index (χ2n) is 6.13. The van der Waals surface area contributed by atoms with Gasteiger partial charge in [0.05, 0.1) is 5.54 Å². The van der Waals surface area contributed by atoms with Gasteiger partial charge in [-0.2, -0.15) is 0 Å². The van der Waals surface area contributed by atoms with Gasteiger partial charge in [-0.05, 0) is 45.2 Å². The smallest absolute Gasteiger partial charge is 0.223 e. The second kappa shape index (κ2) is 5.17. The third-order valence-electron chi connectivity index (χ3n) is 4.50. The summed E-state index contributed by atoms with van der Waals surface area (Å²) < 4.78 is 13.9. The molecule has 1 heterocycles. The Hall–Kier alpha value is -1.42. The zero-order chi connectivity index (χ0) is 14.2. The van der Waals surface area contributed by atoms with Crippen molar-refractivity contribution >= 4 is 5.91 Å². The quantitative estimate of drug-likeness (QED) is 0.889. The first kappa shape index (κ1) is 13.6. The molecule has 20 heavy (non-hydrogen) atoms. The molecule has 0 spiro atoms. The van der Waals surface area contributed by atoms with E-state index in [0.29, 0.717) is 11.6 Å². The van der Waals surface area contributed by atoms with Crippen LogP contribution >= 0.6 is 0 Å². The van der Waals surface area contributed by atoms with Crippen molar-refractivity contribution in [1.29, 1.82) is 0 Å². The van der Waals surface area contributed by atoms with E-state index in [1.54, 1.807) is 12.1 Å². The SMILES string of the molecule is C[C@H]1C[C@@H](C(=O)NC2(c3ccccc3F)CC2)CCN1. The summed E-state index contributed by atoms with van der Waals surface area (Å²) in [6.07, 6.45) is 3.39. The highest BCUT2D eigenvalue weighted by molar-refractivity contribution is 5.80. The molecule has 1 amide bonds. The molecule has 0 radical (unpaired) electrons. The largest absolute Gasteiger partial charge is 0.346 e. The normalized spacial score (nSPS) is 27.9. The Morgan fingerprint density at radius 1 is 1.40 bits per heavy atom. The fraction of sp³-hybridized carbons (Fsp3) is 0.562. The molecule has 2 atom stereocenters. The number of nitrogens with one attached hydrogen (secondary N) is 2. The lowest BCUT2D eigenvalue weighted by atomic mass is 9.91. The van der Waals surface area contributed by atoms with Crippen LogP contribution in [0.4, 0.5) is 4.39 Å². The Morgan fingerprint density at radius 2 is 2.15 bits per heavy atom. The van der Waals surface area contributed by atoms with Crippen molar-refractivity contribution in [3.8, 4) is 0 Å². The summed E-state index contributed by atoms with van der Waals surface area (Å²) in [6.45, 7) is 2.98. The van der Waals surface area contributed by atoms with Crippen LogP contribution < -0.4 is 10.6 Å². The van der Waals surface area contributed by atoms with Crippen LogP contribution in [-0.2, 0) is 10.3 Å². The minimum absolute atomic E-state index is 0.0514. The fourth-order valence-corrected chi connectivity index (χ4v) is 3.14. The highest BCUT2D eigenvalue weighted by atomic mass is 19.1. The van der Waals surface area contributed by atoms with Gasteiger partial charge in [0, 0.05) is 17.5 Å². The molecule has 1 aromatic carbocycles. The number of halogens is 1. The van der Waals surface area contributed by atoms with E-state index in [1.807, 2.05) is 6.07 Å². The van der Waals surface area contributed by atoms with Gasteiger partial charge in [-0.1, -0.05) is 18.2 Å². The van der Waals surface area contributed by atoms with Gasteiger partial charge in [0.25, 0.3) is 0 Å².